The van der Waals surface area contributed by atoms with Gasteiger partial charge in [-0.05, 0) is 60.4 Å². The molecular formula is C18H17ClO3. The minimum absolute atomic E-state index is 0.581. The largest absolute Gasteiger partial charge is 0.494 e. The van der Waals surface area contributed by atoms with Crippen molar-refractivity contribution in [2.45, 2.75) is 13.8 Å². The van der Waals surface area contributed by atoms with Gasteiger partial charge in [0, 0.05) is 11.1 Å². The first-order valence-electron chi connectivity index (χ1n) is 6.95. The van der Waals surface area contributed by atoms with E-state index in [0.717, 1.165) is 22.4 Å². The predicted molar refractivity (Wildman–Crippen MR) is 88.5 cm³/mol. The summed E-state index contributed by atoms with van der Waals surface area (Å²) in [6, 6.07) is 12.8. The Balaban J connectivity index is 2.48. The van der Waals surface area contributed by atoms with E-state index in [1.807, 2.05) is 50.2 Å². The quantitative estimate of drug-likeness (QED) is 0.822. The van der Waals surface area contributed by atoms with E-state index < -0.39 is 5.97 Å². The number of ether oxygens (including phenoxy) is 1. The SMILES string of the molecule is CCOc1ccc(/C(=C\C(=O)O)c2cc(C)cc(Cl)c2)cc1. The average Bonchev–Trinajstić information content (AvgIpc) is 2.45. The van der Waals surface area contributed by atoms with Crippen molar-refractivity contribution in [3.63, 3.8) is 0 Å². The van der Waals surface area contributed by atoms with E-state index in [1.54, 1.807) is 6.07 Å². The van der Waals surface area contributed by atoms with Crippen molar-refractivity contribution in [3.05, 3.63) is 70.3 Å². The molecule has 0 atom stereocenters. The molecule has 3 nitrogen and oxygen atoms in total. The topological polar surface area (TPSA) is 46.5 Å². The first-order valence-corrected chi connectivity index (χ1v) is 7.33. The molecule has 0 amide bonds. The molecule has 22 heavy (non-hydrogen) atoms. The predicted octanol–water partition coefficient (Wildman–Crippen LogP) is 4.56. The number of hydrogen-bond acceptors (Lipinski definition) is 2. The van der Waals surface area contributed by atoms with Crippen molar-refractivity contribution < 1.29 is 14.6 Å². The van der Waals surface area contributed by atoms with Gasteiger partial charge in [-0.3, -0.25) is 0 Å². The monoisotopic (exact) mass is 316 g/mol. The highest BCUT2D eigenvalue weighted by molar-refractivity contribution is 6.30. The van der Waals surface area contributed by atoms with Crippen molar-refractivity contribution >= 4 is 23.1 Å². The molecule has 0 saturated carbocycles. The van der Waals surface area contributed by atoms with Crippen LogP contribution in [0.2, 0.25) is 5.02 Å². The highest BCUT2D eigenvalue weighted by Crippen LogP contribution is 2.28. The highest BCUT2D eigenvalue weighted by Gasteiger charge is 2.09. The van der Waals surface area contributed by atoms with Gasteiger partial charge in [0.05, 0.1) is 6.61 Å². The minimum Gasteiger partial charge on any atom is -0.494 e. The molecule has 2 rings (SSSR count). The lowest BCUT2D eigenvalue weighted by atomic mass is 9.96. The number of carboxylic acid groups (broad SMARTS) is 1. The maximum Gasteiger partial charge on any atom is 0.328 e. The summed E-state index contributed by atoms with van der Waals surface area (Å²) in [5, 5.41) is 9.73. The van der Waals surface area contributed by atoms with E-state index in [0.29, 0.717) is 17.2 Å². The molecule has 0 saturated heterocycles. The summed E-state index contributed by atoms with van der Waals surface area (Å²) in [4.78, 5) is 11.2. The Morgan fingerprint density at radius 3 is 2.41 bits per heavy atom. The third-order valence-electron chi connectivity index (χ3n) is 3.10. The van der Waals surface area contributed by atoms with E-state index in [-0.39, 0.29) is 0 Å². The van der Waals surface area contributed by atoms with Gasteiger partial charge in [-0.1, -0.05) is 29.8 Å². The van der Waals surface area contributed by atoms with Crippen LogP contribution in [0.5, 0.6) is 5.75 Å². The van der Waals surface area contributed by atoms with Crippen LogP contribution >= 0.6 is 11.6 Å². The molecule has 0 fully saturated rings. The van der Waals surface area contributed by atoms with E-state index in [4.69, 9.17) is 21.4 Å². The second-order valence-corrected chi connectivity index (χ2v) is 5.31. The van der Waals surface area contributed by atoms with Gasteiger partial charge in [0.2, 0.25) is 0 Å². The van der Waals surface area contributed by atoms with Crippen LogP contribution in [0.15, 0.2) is 48.5 Å². The van der Waals surface area contributed by atoms with Crippen molar-refractivity contribution in [1.82, 2.24) is 0 Å². The molecule has 2 aromatic rings. The number of aliphatic carboxylic acids is 1. The van der Waals surface area contributed by atoms with Crippen molar-refractivity contribution in [2.24, 2.45) is 0 Å². The lowest BCUT2D eigenvalue weighted by Gasteiger charge is -2.11. The molecule has 0 aliphatic heterocycles. The van der Waals surface area contributed by atoms with Crippen LogP contribution in [0.25, 0.3) is 5.57 Å². The summed E-state index contributed by atoms with van der Waals surface area (Å²) in [5.74, 6) is -0.246. The Morgan fingerprint density at radius 2 is 1.86 bits per heavy atom. The normalized spacial score (nSPS) is 11.3. The van der Waals surface area contributed by atoms with Crippen molar-refractivity contribution in [2.75, 3.05) is 6.61 Å². The zero-order valence-corrected chi connectivity index (χ0v) is 13.2. The van der Waals surface area contributed by atoms with Crippen LogP contribution < -0.4 is 4.74 Å². The van der Waals surface area contributed by atoms with Gasteiger partial charge in [0.1, 0.15) is 5.75 Å². The van der Waals surface area contributed by atoms with E-state index in [1.165, 1.54) is 6.08 Å². The van der Waals surface area contributed by atoms with Crippen LogP contribution in [-0.2, 0) is 4.79 Å². The summed E-state index contributed by atoms with van der Waals surface area (Å²) in [7, 11) is 0. The Hall–Kier alpha value is -2.26. The number of carbonyl (C=O) groups is 1. The molecular weight excluding hydrogens is 300 g/mol. The van der Waals surface area contributed by atoms with Crippen LogP contribution in [-0.4, -0.2) is 17.7 Å². The molecule has 1 N–H and O–H groups in total. The number of aryl methyl sites for hydroxylation is 1. The third-order valence-corrected chi connectivity index (χ3v) is 3.32. The smallest absolute Gasteiger partial charge is 0.328 e. The van der Waals surface area contributed by atoms with Gasteiger partial charge in [0.25, 0.3) is 0 Å². The summed E-state index contributed by atoms with van der Waals surface area (Å²) in [6.07, 6.45) is 1.20. The Bertz CT molecular complexity index is 683. The maximum absolute atomic E-state index is 11.2. The van der Waals surface area contributed by atoms with E-state index >= 15 is 0 Å². The molecule has 0 aliphatic rings. The fourth-order valence-corrected chi connectivity index (χ4v) is 2.54. The lowest BCUT2D eigenvalue weighted by Crippen LogP contribution is -1.96. The highest BCUT2D eigenvalue weighted by atomic mass is 35.5. The molecule has 4 heteroatoms. The number of carboxylic acids is 1. The van der Waals surface area contributed by atoms with Crippen LogP contribution in [0.1, 0.15) is 23.6 Å². The fraction of sp³-hybridized carbons (Fsp3) is 0.167. The zero-order valence-electron chi connectivity index (χ0n) is 12.5. The average molecular weight is 317 g/mol. The molecule has 0 bridgehead atoms. The maximum atomic E-state index is 11.2. The van der Waals surface area contributed by atoms with Crippen LogP contribution in [0, 0.1) is 6.92 Å². The summed E-state index contributed by atoms with van der Waals surface area (Å²) in [6.45, 7) is 4.43. The number of halogens is 1. The summed E-state index contributed by atoms with van der Waals surface area (Å²) < 4.78 is 5.41. The molecule has 114 valence electrons. The van der Waals surface area contributed by atoms with E-state index in [9.17, 15) is 4.79 Å². The first-order chi connectivity index (χ1) is 10.5. The number of hydrogen-bond donors (Lipinski definition) is 1. The van der Waals surface area contributed by atoms with Gasteiger partial charge in [-0.2, -0.15) is 0 Å². The zero-order chi connectivity index (χ0) is 16.1. The molecule has 0 unspecified atom stereocenters. The summed E-state index contributed by atoms with van der Waals surface area (Å²) >= 11 is 6.09. The standard InChI is InChI=1S/C18H17ClO3/c1-3-22-16-6-4-13(5-7-16)17(11-18(20)21)14-8-12(2)9-15(19)10-14/h4-11H,3H2,1-2H3,(H,20,21)/b17-11+. The molecule has 0 heterocycles. The summed E-state index contributed by atoms with van der Waals surface area (Å²) in [5.41, 5.74) is 3.16. The Morgan fingerprint density at radius 1 is 1.18 bits per heavy atom. The second-order valence-electron chi connectivity index (χ2n) is 4.87. The molecule has 0 aliphatic carbocycles. The lowest BCUT2D eigenvalue weighted by molar-refractivity contribution is -0.131. The van der Waals surface area contributed by atoms with Crippen LogP contribution in [0.3, 0.4) is 0 Å². The number of rotatable bonds is 5. The number of benzene rings is 2. The van der Waals surface area contributed by atoms with Gasteiger partial charge in [0.15, 0.2) is 0 Å². The molecule has 0 aromatic heterocycles. The second kappa shape index (κ2) is 7.14. The van der Waals surface area contributed by atoms with Gasteiger partial charge in [-0.15, -0.1) is 0 Å². The molecule has 0 radical (unpaired) electrons. The Kier molecular flexibility index (Phi) is 5.23. The minimum atomic E-state index is -0.999. The van der Waals surface area contributed by atoms with Crippen molar-refractivity contribution in [1.29, 1.82) is 0 Å². The molecule has 2 aromatic carbocycles. The first kappa shape index (κ1) is 16.1. The van der Waals surface area contributed by atoms with Crippen molar-refractivity contribution in [3.8, 4) is 5.75 Å². The fourth-order valence-electron chi connectivity index (χ4n) is 2.25. The van der Waals surface area contributed by atoms with Crippen LogP contribution in [0.4, 0.5) is 0 Å². The van der Waals surface area contributed by atoms with Gasteiger partial charge < -0.3 is 9.84 Å². The van der Waals surface area contributed by atoms with E-state index in [2.05, 4.69) is 0 Å². The Labute approximate surface area is 134 Å². The molecule has 0 spiro atoms. The van der Waals surface area contributed by atoms with Gasteiger partial charge >= 0.3 is 5.97 Å². The third kappa shape index (κ3) is 4.12. The van der Waals surface area contributed by atoms with Gasteiger partial charge in [-0.25, -0.2) is 4.79 Å².